The van der Waals surface area contributed by atoms with Crippen molar-refractivity contribution in [3.05, 3.63) is 58.7 Å². The molecule has 0 aliphatic heterocycles. The smallest absolute Gasteiger partial charge is 0.244 e. The van der Waals surface area contributed by atoms with Gasteiger partial charge in [0.1, 0.15) is 11.8 Å². The molecular formula is C23H32N2O4S. The van der Waals surface area contributed by atoms with Crippen molar-refractivity contribution in [2.75, 3.05) is 17.7 Å². The highest BCUT2D eigenvalue weighted by Gasteiger charge is 2.32. The van der Waals surface area contributed by atoms with Crippen LogP contribution in [0.5, 0.6) is 5.75 Å². The molecule has 2 rings (SSSR count). The first-order chi connectivity index (χ1) is 14.0. The molecule has 0 heterocycles. The fraction of sp³-hybridized carbons (Fsp3) is 0.435. The molecule has 164 valence electrons. The third-order valence-corrected chi connectivity index (χ3v) is 6.54. The van der Waals surface area contributed by atoms with Gasteiger partial charge in [0.25, 0.3) is 0 Å². The van der Waals surface area contributed by atoms with Crippen LogP contribution in [0.3, 0.4) is 0 Å². The SMILES string of the molecule is CC[C@@H](C(=O)N[C@H](C)c1cc(C)c(C)cc1C)N(c1ccc(OC)cc1)S(C)(=O)=O. The Bertz CT molecular complexity index is 1000. The molecule has 1 N–H and O–H groups in total. The van der Waals surface area contributed by atoms with Gasteiger partial charge in [0.15, 0.2) is 0 Å². The monoisotopic (exact) mass is 432 g/mol. The summed E-state index contributed by atoms with van der Waals surface area (Å²) in [6.07, 6.45) is 1.45. The number of nitrogens with one attached hydrogen (secondary N) is 1. The number of rotatable bonds is 8. The van der Waals surface area contributed by atoms with E-state index in [-0.39, 0.29) is 11.9 Å². The second kappa shape index (κ2) is 9.51. The summed E-state index contributed by atoms with van der Waals surface area (Å²) in [5.41, 5.74) is 4.89. The maximum absolute atomic E-state index is 13.2. The highest BCUT2D eigenvalue weighted by molar-refractivity contribution is 7.92. The second-order valence-electron chi connectivity index (χ2n) is 7.70. The molecule has 0 radical (unpaired) electrons. The van der Waals surface area contributed by atoms with Gasteiger partial charge in [0, 0.05) is 0 Å². The van der Waals surface area contributed by atoms with Gasteiger partial charge in [-0.3, -0.25) is 9.10 Å². The summed E-state index contributed by atoms with van der Waals surface area (Å²) in [6.45, 7) is 9.83. The van der Waals surface area contributed by atoms with E-state index in [2.05, 4.69) is 24.4 Å². The molecule has 2 aromatic carbocycles. The predicted molar refractivity (Wildman–Crippen MR) is 122 cm³/mol. The van der Waals surface area contributed by atoms with Crippen molar-refractivity contribution in [1.29, 1.82) is 0 Å². The Kier molecular flexibility index (Phi) is 7.53. The van der Waals surface area contributed by atoms with Gasteiger partial charge in [0.2, 0.25) is 15.9 Å². The maximum atomic E-state index is 13.2. The Morgan fingerprint density at radius 1 is 1.07 bits per heavy atom. The van der Waals surface area contributed by atoms with E-state index < -0.39 is 16.1 Å². The van der Waals surface area contributed by atoms with Crippen LogP contribution in [0.15, 0.2) is 36.4 Å². The summed E-state index contributed by atoms with van der Waals surface area (Å²) in [5, 5.41) is 3.01. The minimum Gasteiger partial charge on any atom is -0.497 e. The van der Waals surface area contributed by atoms with Gasteiger partial charge in [0.05, 0.1) is 25.1 Å². The molecular weight excluding hydrogens is 400 g/mol. The zero-order chi connectivity index (χ0) is 22.6. The number of carbonyl (C=O) groups is 1. The number of hydrogen-bond donors (Lipinski definition) is 1. The summed E-state index contributed by atoms with van der Waals surface area (Å²) < 4.78 is 31.5. The number of methoxy groups -OCH3 is 1. The number of nitrogens with zero attached hydrogens (tertiary/aromatic N) is 1. The lowest BCUT2D eigenvalue weighted by molar-refractivity contribution is -0.122. The highest BCUT2D eigenvalue weighted by Crippen LogP contribution is 2.26. The number of carbonyl (C=O) groups excluding carboxylic acids is 1. The number of amides is 1. The Morgan fingerprint density at radius 3 is 2.13 bits per heavy atom. The zero-order valence-electron chi connectivity index (χ0n) is 18.8. The first-order valence-electron chi connectivity index (χ1n) is 10.0. The molecule has 7 heteroatoms. The van der Waals surface area contributed by atoms with Crippen LogP contribution in [-0.2, 0) is 14.8 Å². The number of benzene rings is 2. The van der Waals surface area contributed by atoms with E-state index in [4.69, 9.17) is 4.74 Å². The van der Waals surface area contributed by atoms with E-state index in [0.717, 1.165) is 22.9 Å². The Balaban J connectivity index is 2.34. The lowest BCUT2D eigenvalue weighted by Gasteiger charge is -2.31. The molecule has 0 unspecified atom stereocenters. The van der Waals surface area contributed by atoms with Crippen LogP contribution < -0.4 is 14.4 Å². The van der Waals surface area contributed by atoms with Crippen LogP contribution in [0.1, 0.15) is 48.6 Å². The molecule has 0 saturated carbocycles. The maximum Gasteiger partial charge on any atom is 0.244 e. The molecule has 0 aliphatic carbocycles. The largest absolute Gasteiger partial charge is 0.497 e. The lowest BCUT2D eigenvalue weighted by atomic mass is 9.96. The Morgan fingerprint density at radius 2 is 1.63 bits per heavy atom. The van der Waals surface area contributed by atoms with Crippen molar-refractivity contribution in [1.82, 2.24) is 5.32 Å². The number of aryl methyl sites for hydroxylation is 3. The minimum atomic E-state index is -3.68. The Hall–Kier alpha value is -2.54. The highest BCUT2D eigenvalue weighted by atomic mass is 32.2. The quantitative estimate of drug-likeness (QED) is 0.683. The fourth-order valence-corrected chi connectivity index (χ4v) is 4.84. The number of sulfonamides is 1. The zero-order valence-corrected chi connectivity index (χ0v) is 19.6. The van der Waals surface area contributed by atoms with Gasteiger partial charge >= 0.3 is 0 Å². The standard InChI is InChI=1S/C23H32N2O4S/c1-8-22(25(30(7,27)28)19-9-11-20(29-6)12-10-19)23(26)24-18(5)21-14-16(3)15(2)13-17(21)4/h9-14,18,22H,8H2,1-7H3,(H,24,26)/t18-,22+/m1/s1. The van der Waals surface area contributed by atoms with Crippen molar-refractivity contribution in [2.45, 2.75) is 53.1 Å². The van der Waals surface area contributed by atoms with E-state index in [1.807, 2.05) is 20.8 Å². The molecule has 2 atom stereocenters. The van der Waals surface area contributed by atoms with Gasteiger partial charge in [-0.05, 0) is 80.6 Å². The van der Waals surface area contributed by atoms with Crippen LogP contribution in [0, 0.1) is 20.8 Å². The van der Waals surface area contributed by atoms with Crippen LogP contribution >= 0.6 is 0 Å². The topological polar surface area (TPSA) is 75.7 Å². The van der Waals surface area contributed by atoms with Crippen LogP contribution in [0.2, 0.25) is 0 Å². The summed E-state index contributed by atoms with van der Waals surface area (Å²) in [4.78, 5) is 13.2. The molecule has 30 heavy (non-hydrogen) atoms. The second-order valence-corrected chi connectivity index (χ2v) is 9.56. The number of hydrogen-bond acceptors (Lipinski definition) is 4. The average Bonchev–Trinajstić information content (AvgIpc) is 2.67. The van der Waals surface area contributed by atoms with Crippen molar-refractivity contribution < 1.29 is 17.9 Å². The van der Waals surface area contributed by atoms with Gasteiger partial charge in [-0.2, -0.15) is 0 Å². The number of ether oxygens (including phenoxy) is 1. The molecule has 2 aromatic rings. The van der Waals surface area contributed by atoms with Crippen molar-refractivity contribution in [2.24, 2.45) is 0 Å². The third kappa shape index (κ3) is 5.33. The van der Waals surface area contributed by atoms with Crippen molar-refractivity contribution in [3.8, 4) is 5.75 Å². The van der Waals surface area contributed by atoms with Gasteiger partial charge < -0.3 is 10.1 Å². The van der Waals surface area contributed by atoms with E-state index in [9.17, 15) is 13.2 Å². The van der Waals surface area contributed by atoms with Crippen LogP contribution in [0.25, 0.3) is 0 Å². The molecule has 0 saturated heterocycles. The van der Waals surface area contributed by atoms with Crippen molar-refractivity contribution >= 4 is 21.6 Å². The van der Waals surface area contributed by atoms with E-state index >= 15 is 0 Å². The van der Waals surface area contributed by atoms with Crippen LogP contribution in [-0.4, -0.2) is 33.7 Å². The molecule has 6 nitrogen and oxygen atoms in total. The number of anilines is 1. The summed E-state index contributed by atoms with van der Waals surface area (Å²) in [6, 6.07) is 9.72. The van der Waals surface area contributed by atoms with Gasteiger partial charge in [-0.25, -0.2) is 8.42 Å². The third-order valence-electron chi connectivity index (χ3n) is 5.36. The summed E-state index contributed by atoms with van der Waals surface area (Å²) in [7, 11) is -2.14. The molecule has 0 spiro atoms. The lowest BCUT2D eigenvalue weighted by Crippen LogP contribution is -2.49. The fourth-order valence-electron chi connectivity index (χ4n) is 3.63. The molecule has 1 amide bonds. The van der Waals surface area contributed by atoms with E-state index in [1.165, 1.54) is 9.87 Å². The van der Waals surface area contributed by atoms with Crippen LogP contribution in [0.4, 0.5) is 5.69 Å². The predicted octanol–water partition coefficient (Wildman–Crippen LogP) is 4.04. The summed E-state index contributed by atoms with van der Waals surface area (Å²) in [5.74, 6) is 0.285. The average molecular weight is 433 g/mol. The molecule has 0 bridgehead atoms. The van der Waals surface area contributed by atoms with Crippen molar-refractivity contribution in [3.63, 3.8) is 0 Å². The first kappa shape index (κ1) is 23.7. The minimum absolute atomic E-state index is 0.247. The van der Waals surface area contributed by atoms with Gasteiger partial charge in [-0.15, -0.1) is 0 Å². The molecule has 0 aliphatic rings. The van der Waals surface area contributed by atoms with E-state index in [0.29, 0.717) is 17.9 Å². The molecule has 0 aromatic heterocycles. The molecule has 0 fully saturated rings. The summed E-state index contributed by atoms with van der Waals surface area (Å²) >= 11 is 0. The van der Waals surface area contributed by atoms with Gasteiger partial charge in [-0.1, -0.05) is 19.1 Å². The Labute approximate surface area is 180 Å². The van der Waals surface area contributed by atoms with E-state index in [1.54, 1.807) is 38.3 Å². The normalized spacial score (nSPS) is 13.4. The first-order valence-corrected chi connectivity index (χ1v) is 11.9.